The molecule has 0 aromatic heterocycles. The van der Waals surface area contributed by atoms with E-state index in [0.29, 0.717) is 24.9 Å². The van der Waals surface area contributed by atoms with E-state index in [-0.39, 0.29) is 42.2 Å². The van der Waals surface area contributed by atoms with Crippen molar-refractivity contribution < 1.29 is 36.3 Å². The maximum absolute atomic E-state index is 14.2. The molecule has 35 heavy (non-hydrogen) atoms. The van der Waals surface area contributed by atoms with Gasteiger partial charge < -0.3 is 15.0 Å². The number of carbonyl (C=O) groups is 2. The molecule has 1 amide bonds. The van der Waals surface area contributed by atoms with Gasteiger partial charge in [-0.05, 0) is 55.6 Å². The number of amides is 1. The summed E-state index contributed by atoms with van der Waals surface area (Å²) in [6, 6.07) is 5.43. The Morgan fingerprint density at radius 3 is 2.60 bits per heavy atom. The Bertz CT molecular complexity index is 1210. The predicted molar refractivity (Wildman–Crippen MR) is 114 cm³/mol. The van der Waals surface area contributed by atoms with Crippen molar-refractivity contribution in [1.82, 2.24) is 10.2 Å². The Morgan fingerprint density at radius 1 is 1.20 bits per heavy atom. The number of hydrogen-bond donors (Lipinski definition) is 1. The number of rotatable bonds is 4. The Labute approximate surface area is 198 Å². The minimum absolute atomic E-state index is 0.0373. The zero-order valence-corrected chi connectivity index (χ0v) is 18.8. The van der Waals surface area contributed by atoms with E-state index in [1.165, 1.54) is 17.9 Å². The van der Waals surface area contributed by atoms with E-state index in [0.717, 1.165) is 18.2 Å². The third kappa shape index (κ3) is 3.97. The highest BCUT2D eigenvalue weighted by molar-refractivity contribution is 5.96. The maximum atomic E-state index is 14.2. The van der Waals surface area contributed by atoms with Gasteiger partial charge in [-0.25, -0.2) is 13.6 Å². The molecule has 2 aromatic rings. The topological polar surface area (TPSA) is 58.6 Å². The highest BCUT2D eigenvalue weighted by Gasteiger charge is 2.57. The lowest BCUT2D eigenvalue weighted by Crippen LogP contribution is -2.55. The van der Waals surface area contributed by atoms with Gasteiger partial charge in [0.25, 0.3) is 0 Å². The molecule has 1 N–H and O–H groups in total. The molecule has 0 radical (unpaired) electrons. The molecule has 5 nitrogen and oxygen atoms in total. The molecule has 2 aromatic carbocycles. The highest BCUT2D eigenvalue weighted by Crippen LogP contribution is 2.48. The van der Waals surface area contributed by atoms with Crippen LogP contribution in [-0.2, 0) is 27.9 Å². The standard InChI is InChI=1S/C25H23F5N2O3/c1-13-14(3-2-4-17(13)25(28,29)30)12-32(15-5-6-15)22(33)19-11-31-8-7-24(19)18-10-21(27)20(26)9-16(18)23(34)35-24/h2-4,9-10,15,19,31H,5-8,11-12H2,1H3/t19-,24+/m1/s1. The summed E-state index contributed by atoms with van der Waals surface area (Å²) < 4.78 is 74.0. The van der Waals surface area contributed by atoms with Crippen molar-refractivity contribution in [2.45, 2.75) is 50.6 Å². The lowest BCUT2D eigenvalue weighted by molar-refractivity contribution is -0.149. The van der Waals surface area contributed by atoms with Gasteiger partial charge >= 0.3 is 12.1 Å². The Morgan fingerprint density at radius 2 is 1.91 bits per heavy atom. The molecule has 10 heteroatoms. The minimum atomic E-state index is -4.52. The predicted octanol–water partition coefficient (Wildman–Crippen LogP) is 4.46. The van der Waals surface area contributed by atoms with Gasteiger partial charge in [-0.15, -0.1) is 0 Å². The van der Waals surface area contributed by atoms with Crippen LogP contribution < -0.4 is 5.32 Å². The van der Waals surface area contributed by atoms with E-state index in [1.807, 2.05) is 0 Å². The van der Waals surface area contributed by atoms with E-state index in [9.17, 15) is 31.5 Å². The van der Waals surface area contributed by atoms with Crippen molar-refractivity contribution in [3.8, 4) is 0 Å². The molecule has 2 aliphatic heterocycles. The molecule has 1 saturated carbocycles. The molecule has 1 spiro atoms. The summed E-state index contributed by atoms with van der Waals surface area (Å²) in [5, 5.41) is 3.10. The lowest BCUT2D eigenvalue weighted by Gasteiger charge is -2.42. The molecular formula is C25H23F5N2O3. The minimum Gasteiger partial charge on any atom is -0.450 e. The average Bonchev–Trinajstić information content (AvgIpc) is 3.60. The summed E-state index contributed by atoms with van der Waals surface area (Å²) in [6.07, 6.45) is -2.94. The molecule has 3 aliphatic rings. The zero-order valence-electron chi connectivity index (χ0n) is 18.8. The van der Waals surface area contributed by atoms with Gasteiger partial charge in [-0.3, -0.25) is 4.79 Å². The first kappa shape index (κ1) is 23.7. The second-order valence-electron chi connectivity index (χ2n) is 9.38. The molecule has 0 unspecified atom stereocenters. The van der Waals surface area contributed by atoms with Crippen LogP contribution in [0.3, 0.4) is 0 Å². The first-order valence-electron chi connectivity index (χ1n) is 11.4. The number of piperidine rings is 1. The molecule has 0 bridgehead atoms. The smallest absolute Gasteiger partial charge is 0.416 e. The van der Waals surface area contributed by atoms with Crippen LogP contribution in [0.1, 0.15) is 51.9 Å². The number of ether oxygens (including phenoxy) is 1. The van der Waals surface area contributed by atoms with Crippen molar-refractivity contribution in [3.05, 3.63) is 69.8 Å². The number of esters is 1. The second kappa shape index (κ2) is 8.29. The maximum Gasteiger partial charge on any atom is 0.416 e. The van der Waals surface area contributed by atoms with Crippen LogP contribution in [0.25, 0.3) is 0 Å². The summed E-state index contributed by atoms with van der Waals surface area (Å²) in [5.41, 5.74) is -1.80. The van der Waals surface area contributed by atoms with Crippen LogP contribution in [0.5, 0.6) is 0 Å². The normalized spacial score (nSPS) is 23.8. The number of nitrogens with zero attached hydrogens (tertiary/aromatic N) is 1. The quantitative estimate of drug-likeness (QED) is 0.504. The van der Waals surface area contributed by atoms with Crippen LogP contribution in [-0.4, -0.2) is 35.9 Å². The summed E-state index contributed by atoms with van der Waals surface area (Å²) in [4.78, 5) is 28.0. The number of carbonyl (C=O) groups excluding carboxylic acids is 2. The molecule has 2 heterocycles. The van der Waals surface area contributed by atoms with Gasteiger partial charge in [0.2, 0.25) is 5.91 Å². The van der Waals surface area contributed by atoms with Gasteiger partial charge in [0.15, 0.2) is 17.2 Å². The largest absolute Gasteiger partial charge is 0.450 e. The molecule has 2 atom stereocenters. The fraction of sp³-hybridized carbons (Fsp3) is 0.440. The number of alkyl halides is 3. The number of halogens is 5. The third-order valence-corrected chi connectivity index (χ3v) is 7.26. The number of nitrogens with one attached hydrogen (secondary N) is 1. The zero-order chi connectivity index (χ0) is 25.1. The average molecular weight is 494 g/mol. The van der Waals surface area contributed by atoms with Crippen molar-refractivity contribution in [3.63, 3.8) is 0 Å². The highest BCUT2D eigenvalue weighted by atomic mass is 19.4. The van der Waals surface area contributed by atoms with Crippen molar-refractivity contribution in [1.29, 1.82) is 0 Å². The van der Waals surface area contributed by atoms with E-state index >= 15 is 0 Å². The summed E-state index contributed by atoms with van der Waals surface area (Å²) in [5.74, 6) is -4.51. The van der Waals surface area contributed by atoms with Gasteiger partial charge in [0.1, 0.15) is 0 Å². The second-order valence-corrected chi connectivity index (χ2v) is 9.38. The van der Waals surface area contributed by atoms with Gasteiger partial charge in [-0.1, -0.05) is 12.1 Å². The third-order valence-electron chi connectivity index (χ3n) is 7.26. The number of fused-ring (bicyclic) bond motifs is 2. The van der Waals surface area contributed by atoms with E-state index in [2.05, 4.69) is 5.32 Å². The Balaban J connectivity index is 1.51. The van der Waals surface area contributed by atoms with E-state index in [4.69, 9.17) is 4.74 Å². The van der Waals surface area contributed by atoms with E-state index < -0.39 is 46.8 Å². The van der Waals surface area contributed by atoms with Gasteiger partial charge in [0, 0.05) is 31.1 Å². The molecule has 1 saturated heterocycles. The van der Waals surface area contributed by atoms with Crippen LogP contribution in [0.2, 0.25) is 0 Å². The van der Waals surface area contributed by atoms with Crippen LogP contribution in [0, 0.1) is 24.5 Å². The van der Waals surface area contributed by atoms with Crippen molar-refractivity contribution in [2.75, 3.05) is 13.1 Å². The van der Waals surface area contributed by atoms with Crippen molar-refractivity contribution >= 4 is 11.9 Å². The first-order valence-corrected chi connectivity index (χ1v) is 11.4. The summed E-state index contributed by atoms with van der Waals surface area (Å²) >= 11 is 0. The van der Waals surface area contributed by atoms with Gasteiger partial charge in [0.05, 0.1) is 17.0 Å². The monoisotopic (exact) mass is 494 g/mol. The molecule has 1 aliphatic carbocycles. The van der Waals surface area contributed by atoms with Crippen LogP contribution in [0.15, 0.2) is 30.3 Å². The van der Waals surface area contributed by atoms with Gasteiger partial charge in [-0.2, -0.15) is 13.2 Å². The fourth-order valence-electron chi connectivity index (χ4n) is 5.25. The molecule has 2 fully saturated rings. The first-order chi connectivity index (χ1) is 16.5. The SMILES string of the molecule is Cc1c(CN(C(=O)[C@H]2CNCC[C@@]23OC(=O)c2cc(F)c(F)cc23)C2CC2)cccc1C(F)(F)F. The summed E-state index contributed by atoms with van der Waals surface area (Å²) in [6.45, 7) is 1.84. The summed E-state index contributed by atoms with van der Waals surface area (Å²) in [7, 11) is 0. The van der Waals surface area contributed by atoms with E-state index in [1.54, 1.807) is 6.07 Å². The van der Waals surface area contributed by atoms with Crippen LogP contribution in [0.4, 0.5) is 22.0 Å². The molecular weight excluding hydrogens is 471 g/mol. The lowest BCUT2D eigenvalue weighted by atomic mass is 9.75. The van der Waals surface area contributed by atoms with Crippen molar-refractivity contribution in [2.24, 2.45) is 5.92 Å². The number of hydrogen-bond acceptors (Lipinski definition) is 4. The Hall–Kier alpha value is -3.01. The number of benzene rings is 2. The Kier molecular flexibility index (Phi) is 5.62. The molecule has 5 rings (SSSR count). The fourth-order valence-corrected chi connectivity index (χ4v) is 5.25. The molecule has 186 valence electrons. The van der Waals surface area contributed by atoms with Crippen LogP contribution >= 0.6 is 0 Å².